The van der Waals surface area contributed by atoms with E-state index in [4.69, 9.17) is 11.0 Å². The van der Waals surface area contributed by atoms with E-state index in [-0.39, 0.29) is 0 Å². The molecule has 1 amide bonds. The molecule has 0 saturated carbocycles. The highest BCUT2D eigenvalue weighted by Crippen LogP contribution is 2.26. The molecule has 0 aromatic heterocycles. The van der Waals surface area contributed by atoms with Gasteiger partial charge in [0, 0.05) is 5.56 Å². The van der Waals surface area contributed by atoms with Gasteiger partial charge < -0.3 is 5.73 Å². The maximum absolute atomic E-state index is 11.3. The number of nitrogens with two attached hydrogens (primary N) is 1. The van der Waals surface area contributed by atoms with Crippen LogP contribution in [-0.4, -0.2) is 5.91 Å². The van der Waals surface area contributed by atoms with E-state index in [1.54, 1.807) is 36.4 Å². The number of carbonyl (C=O) groups excluding carboxylic acids is 1. The van der Waals surface area contributed by atoms with Crippen LogP contribution in [0.3, 0.4) is 0 Å². The summed E-state index contributed by atoms with van der Waals surface area (Å²) in [5, 5.41) is 9.03. The first-order chi connectivity index (χ1) is 8.24. The highest BCUT2D eigenvalue weighted by Gasteiger charge is 2.11. The molecule has 0 fully saturated rings. The maximum atomic E-state index is 11.3. The molecule has 0 aliphatic rings. The molecule has 0 bridgehead atoms. The number of nitrogens with zero attached hydrogens (tertiary/aromatic N) is 1. The molecule has 1 radical (unpaired) electrons. The molecule has 2 rings (SSSR count). The van der Waals surface area contributed by atoms with Crippen molar-refractivity contribution in [2.75, 3.05) is 0 Å². The van der Waals surface area contributed by atoms with E-state index in [1.807, 2.05) is 6.07 Å². The van der Waals surface area contributed by atoms with Gasteiger partial charge in [0.25, 0.3) is 0 Å². The maximum Gasteiger partial charge on any atom is 0.249 e. The van der Waals surface area contributed by atoms with Gasteiger partial charge in [0.1, 0.15) is 0 Å². The van der Waals surface area contributed by atoms with Crippen LogP contribution in [0.5, 0.6) is 0 Å². The molecular formula is C14H9N2O. The third-order valence-corrected chi connectivity index (χ3v) is 2.44. The Labute approximate surface area is 99.1 Å². The molecule has 2 aromatic rings. The third kappa shape index (κ3) is 2.01. The zero-order chi connectivity index (χ0) is 12.3. The van der Waals surface area contributed by atoms with Crippen LogP contribution in [-0.2, 0) is 0 Å². The number of nitriles is 1. The van der Waals surface area contributed by atoms with E-state index in [0.29, 0.717) is 22.3 Å². The minimum atomic E-state index is -0.548. The summed E-state index contributed by atoms with van der Waals surface area (Å²) < 4.78 is 0. The Hall–Kier alpha value is -2.60. The normalized spacial score (nSPS) is 9.59. The van der Waals surface area contributed by atoms with Crippen molar-refractivity contribution < 1.29 is 4.79 Å². The molecule has 0 spiro atoms. The third-order valence-electron chi connectivity index (χ3n) is 2.44. The average molecular weight is 221 g/mol. The van der Waals surface area contributed by atoms with E-state index < -0.39 is 5.91 Å². The first-order valence-corrected chi connectivity index (χ1v) is 5.04. The number of primary amides is 1. The predicted molar refractivity (Wildman–Crippen MR) is 63.9 cm³/mol. The van der Waals surface area contributed by atoms with Gasteiger partial charge in [0.2, 0.25) is 5.91 Å². The summed E-state index contributed by atoms with van der Waals surface area (Å²) in [4.78, 5) is 11.3. The summed E-state index contributed by atoms with van der Waals surface area (Å²) in [6.07, 6.45) is 0. The van der Waals surface area contributed by atoms with Gasteiger partial charge in [0.15, 0.2) is 0 Å². The Morgan fingerprint density at radius 2 is 1.88 bits per heavy atom. The summed E-state index contributed by atoms with van der Waals surface area (Å²) in [6.45, 7) is 0. The van der Waals surface area contributed by atoms with Crippen LogP contribution in [0.25, 0.3) is 11.1 Å². The fourth-order valence-corrected chi connectivity index (χ4v) is 1.68. The Morgan fingerprint density at radius 3 is 2.59 bits per heavy atom. The standard InChI is InChI=1S/C14H9N2O/c15-9-10-5-1-2-6-11(10)12-7-3-4-8-13(12)14(16)17/h1-7H,(H2,16,17). The molecule has 0 atom stereocenters. The average Bonchev–Trinajstić information content (AvgIpc) is 2.38. The fraction of sp³-hybridized carbons (Fsp3) is 0. The summed E-state index contributed by atoms with van der Waals surface area (Å²) in [5.74, 6) is -0.548. The van der Waals surface area contributed by atoms with E-state index in [1.165, 1.54) is 0 Å². The van der Waals surface area contributed by atoms with E-state index in [0.717, 1.165) is 0 Å². The van der Waals surface area contributed by atoms with Crippen LogP contribution in [0.4, 0.5) is 0 Å². The molecule has 3 heteroatoms. The van der Waals surface area contributed by atoms with Gasteiger partial charge in [-0.2, -0.15) is 5.26 Å². The first-order valence-electron chi connectivity index (χ1n) is 5.04. The lowest BCUT2D eigenvalue weighted by atomic mass is 9.96. The second kappa shape index (κ2) is 4.50. The molecule has 0 unspecified atom stereocenters. The highest BCUT2D eigenvalue weighted by atomic mass is 16.1. The van der Waals surface area contributed by atoms with Crippen molar-refractivity contribution >= 4 is 5.91 Å². The second-order valence-electron chi connectivity index (χ2n) is 3.48. The molecule has 17 heavy (non-hydrogen) atoms. The van der Waals surface area contributed by atoms with Crippen LogP contribution in [0.15, 0.2) is 42.5 Å². The largest absolute Gasteiger partial charge is 0.366 e. The molecular weight excluding hydrogens is 212 g/mol. The van der Waals surface area contributed by atoms with Crippen molar-refractivity contribution in [3.05, 3.63) is 59.7 Å². The lowest BCUT2D eigenvalue weighted by Crippen LogP contribution is -2.12. The summed E-state index contributed by atoms with van der Waals surface area (Å²) in [7, 11) is 0. The number of hydrogen-bond donors (Lipinski definition) is 1. The number of rotatable bonds is 2. The second-order valence-corrected chi connectivity index (χ2v) is 3.48. The van der Waals surface area contributed by atoms with Gasteiger partial charge in [-0.05, 0) is 17.7 Å². The molecule has 0 aliphatic heterocycles. The van der Waals surface area contributed by atoms with Crippen molar-refractivity contribution in [2.45, 2.75) is 0 Å². The Balaban J connectivity index is 2.69. The molecule has 0 heterocycles. The lowest BCUT2D eigenvalue weighted by Gasteiger charge is -2.07. The molecule has 0 aliphatic carbocycles. The topological polar surface area (TPSA) is 66.9 Å². The van der Waals surface area contributed by atoms with Crippen LogP contribution < -0.4 is 5.73 Å². The molecule has 2 aromatic carbocycles. The zero-order valence-corrected chi connectivity index (χ0v) is 8.97. The van der Waals surface area contributed by atoms with Gasteiger partial charge in [0.05, 0.1) is 17.2 Å². The fourth-order valence-electron chi connectivity index (χ4n) is 1.68. The molecule has 2 N–H and O–H groups in total. The van der Waals surface area contributed by atoms with Crippen molar-refractivity contribution in [1.29, 1.82) is 5.26 Å². The quantitative estimate of drug-likeness (QED) is 0.844. The van der Waals surface area contributed by atoms with Crippen molar-refractivity contribution in [3.8, 4) is 17.2 Å². The monoisotopic (exact) mass is 221 g/mol. The van der Waals surface area contributed by atoms with Gasteiger partial charge in [-0.3, -0.25) is 4.79 Å². The highest BCUT2D eigenvalue weighted by molar-refractivity contribution is 6.00. The number of hydrogen-bond acceptors (Lipinski definition) is 2. The van der Waals surface area contributed by atoms with E-state index in [2.05, 4.69) is 12.1 Å². The zero-order valence-electron chi connectivity index (χ0n) is 8.97. The van der Waals surface area contributed by atoms with Crippen LogP contribution in [0, 0.1) is 17.4 Å². The summed E-state index contributed by atoms with van der Waals surface area (Å²) in [5.41, 5.74) is 7.43. The van der Waals surface area contributed by atoms with Crippen molar-refractivity contribution in [2.24, 2.45) is 5.73 Å². The Morgan fingerprint density at radius 1 is 1.18 bits per heavy atom. The minimum Gasteiger partial charge on any atom is -0.366 e. The minimum absolute atomic E-state index is 0.301. The van der Waals surface area contributed by atoms with E-state index >= 15 is 0 Å². The summed E-state index contributed by atoms with van der Waals surface area (Å²) in [6, 6.07) is 17.1. The van der Waals surface area contributed by atoms with Crippen molar-refractivity contribution in [3.63, 3.8) is 0 Å². The van der Waals surface area contributed by atoms with Crippen LogP contribution in [0.2, 0.25) is 0 Å². The molecule has 81 valence electrons. The molecule has 3 nitrogen and oxygen atoms in total. The number of amides is 1. The number of benzene rings is 2. The lowest BCUT2D eigenvalue weighted by molar-refractivity contribution is 0.100. The van der Waals surface area contributed by atoms with E-state index in [9.17, 15) is 4.79 Å². The van der Waals surface area contributed by atoms with Crippen molar-refractivity contribution in [1.82, 2.24) is 0 Å². The Kier molecular flexibility index (Phi) is 2.89. The summed E-state index contributed by atoms with van der Waals surface area (Å²) >= 11 is 0. The van der Waals surface area contributed by atoms with Gasteiger partial charge in [-0.25, -0.2) is 0 Å². The van der Waals surface area contributed by atoms with Gasteiger partial charge >= 0.3 is 0 Å². The Bertz CT molecular complexity index is 612. The van der Waals surface area contributed by atoms with Crippen LogP contribution >= 0.6 is 0 Å². The van der Waals surface area contributed by atoms with Gasteiger partial charge in [-0.15, -0.1) is 0 Å². The molecule has 0 saturated heterocycles. The number of carbonyl (C=O) groups is 1. The predicted octanol–water partition coefficient (Wildman–Crippen LogP) is 2.12. The SMILES string of the molecule is N#Cc1ccccc1-c1ccc[c]c1C(N)=O. The van der Waals surface area contributed by atoms with Crippen LogP contribution in [0.1, 0.15) is 15.9 Å². The smallest absolute Gasteiger partial charge is 0.249 e. The first kappa shape index (κ1) is 10.9. The van der Waals surface area contributed by atoms with Gasteiger partial charge in [-0.1, -0.05) is 36.4 Å².